The molecule has 3 nitrogen and oxygen atoms in total. The van der Waals surface area contributed by atoms with Gasteiger partial charge in [-0.1, -0.05) is 93.3 Å². The van der Waals surface area contributed by atoms with Crippen LogP contribution >= 0.6 is 0 Å². The third-order valence-corrected chi connectivity index (χ3v) is 10.6. The molecular formula is C26H34O3Si. The molecule has 0 spiro atoms. The minimum atomic E-state index is -2.50. The molecule has 2 aromatic carbocycles. The Balaban J connectivity index is 1.69. The molecule has 3 rings (SSSR count). The highest BCUT2D eigenvalue weighted by molar-refractivity contribution is 6.99. The van der Waals surface area contributed by atoms with E-state index < -0.39 is 8.32 Å². The molecule has 2 aromatic rings. The summed E-state index contributed by atoms with van der Waals surface area (Å²) in [5.74, 6) is 6.45. The fourth-order valence-electron chi connectivity index (χ4n) is 4.13. The van der Waals surface area contributed by atoms with Gasteiger partial charge in [0.15, 0.2) is 6.29 Å². The highest BCUT2D eigenvalue weighted by atomic mass is 28.4. The lowest BCUT2D eigenvalue weighted by atomic mass is 10.2. The van der Waals surface area contributed by atoms with Gasteiger partial charge in [-0.2, -0.15) is 0 Å². The summed E-state index contributed by atoms with van der Waals surface area (Å²) in [6.07, 6.45) is 3.96. The van der Waals surface area contributed by atoms with Gasteiger partial charge < -0.3 is 13.9 Å². The molecule has 0 N–H and O–H groups in total. The van der Waals surface area contributed by atoms with Crippen LogP contribution in [0.4, 0.5) is 0 Å². The van der Waals surface area contributed by atoms with Crippen LogP contribution in [0, 0.1) is 11.8 Å². The first kappa shape index (κ1) is 22.8. The second kappa shape index (κ2) is 10.9. The van der Waals surface area contributed by atoms with E-state index in [4.69, 9.17) is 13.9 Å². The Morgan fingerprint density at radius 1 is 0.933 bits per heavy atom. The average Bonchev–Trinajstić information content (AvgIpc) is 2.77. The predicted octanol–water partition coefficient (Wildman–Crippen LogP) is 4.50. The summed E-state index contributed by atoms with van der Waals surface area (Å²) in [6, 6.07) is 21.4. The van der Waals surface area contributed by atoms with Gasteiger partial charge in [0.05, 0.1) is 13.2 Å². The maximum atomic E-state index is 6.76. The van der Waals surface area contributed by atoms with Gasteiger partial charge in [-0.05, 0) is 34.7 Å². The Kier molecular flexibility index (Phi) is 8.29. The number of rotatable bonds is 7. The van der Waals surface area contributed by atoms with Crippen molar-refractivity contribution in [2.24, 2.45) is 0 Å². The molecule has 1 heterocycles. The fourth-order valence-corrected chi connectivity index (χ4v) is 8.57. The highest BCUT2D eigenvalue weighted by Gasteiger charge is 2.49. The number of hydrogen-bond acceptors (Lipinski definition) is 3. The van der Waals surface area contributed by atoms with Gasteiger partial charge in [0, 0.05) is 13.0 Å². The third-order valence-electron chi connectivity index (χ3n) is 5.57. The largest absolute Gasteiger partial charge is 0.396 e. The number of hydrogen-bond donors (Lipinski definition) is 0. The van der Waals surface area contributed by atoms with Crippen molar-refractivity contribution in [1.82, 2.24) is 0 Å². The summed E-state index contributed by atoms with van der Waals surface area (Å²) >= 11 is 0. The molecule has 0 bridgehead atoms. The number of benzene rings is 2. The summed E-state index contributed by atoms with van der Waals surface area (Å²) in [5, 5.41) is 2.53. The van der Waals surface area contributed by atoms with Gasteiger partial charge in [0.25, 0.3) is 8.32 Å². The summed E-state index contributed by atoms with van der Waals surface area (Å²) in [7, 11) is -2.50. The molecule has 1 fully saturated rings. The van der Waals surface area contributed by atoms with Crippen molar-refractivity contribution in [1.29, 1.82) is 0 Å². The highest BCUT2D eigenvalue weighted by Crippen LogP contribution is 2.36. The van der Waals surface area contributed by atoms with Crippen molar-refractivity contribution >= 4 is 18.7 Å². The summed E-state index contributed by atoms with van der Waals surface area (Å²) < 4.78 is 18.1. The lowest BCUT2D eigenvalue weighted by Crippen LogP contribution is -2.66. The second-order valence-corrected chi connectivity index (χ2v) is 13.0. The van der Waals surface area contributed by atoms with E-state index in [9.17, 15) is 0 Å². The van der Waals surface area contributed by atoms with Crippen LogP contribution in [0.2, 0.25) is 5.04 Å². The average molecular weight is 423 g/mol. The zero-order valence-corrected chi connectivity index (χ0v) is 19.5. The molecule has 30 heavy (non-hydrogen) atoms. The molecular weight excluding hydrogens is 388 g/mol. The van der Waals surface area contributed by atoms with Gasteiger partial charge in [-0.15, -0.1) is 0 Å². The van der Waals surface area contributed by atoms with Crippen molar-refractivity contribution in [3.63, 3.8) is 0 Å². The molecule has 0 radical (unpaired) electrons. The molecule has 1 saturated heterocycles. The second-order valence-electron chi connectivity index (χ2n) is 8.72. The van der Waals surface area contributed by atoms with Gasteiger partial charge in [0.2, 0.25) is 0 Å². The van der Waals surface area contributed by atoms with E-state index in [2.05, 4.69) is 93.3 Å². The Hall–Kier alpha value is -1.90. The molecule has 0 aliphatic carbocycles. The van der Waals surface area contributed by atoms with Crippen LogP contribution in [0.3, 0.4) is 0 Å². The standard InChI is InChI=1S/C26H34O3Si/c1-26(2,3)30(23-15-7-4-8-16-23,24-17-9-5-10-18-24)29-22-13-6-12-20-27-25-19-11-14-21-28-25/h4-5,7-10,15-18,25H,11-12,14,19-22H2,1-3H3. The lowest BCUT2D eigenvalue weighted by molar-refractivity contribution is -0.161. The van der Waals surface area contributed by atoms with E-state index in [1.165, 1.54) is 16.8 Å². The Labute approximate surface area is 182 Å². The first-order valence-corrected chi connectivity index (χ1v) is 12.9. The quantitative estimate of drug-likeness (QED) is 0.374. The molecule has 1 aliphatic heterocycles. The van der Waals surface area contributed by atoms with Crippen molar-refractivity contribution in [2.45, 2.75) is 57.8 Å². The molecule has 1 aliphatic rings. The molecule has 0 aromatic heterocycles. The predicted molar refractivity (Wildman–Crippen MR) is 126 cm³/mol. The summed E-state index contributed by atoms with van der Waals surface area (Å²) in [4.78, 5) is 0. The van der Waals surface area contributed by atoms with Gasteiger partial charge >= 0.3 is 0 Å². The Morgan fingerprint density at radius 3 is 2.10 bits per heavy atom. The van der Waals surface area contributed by atoms with E-state index in [1.807, 2.05) is 0 Å². The minimum Gasteiger partial charge on any atom is -0.396 e. The molecule has 160 valence electrons. The molecule has 0 amide bonds. The van der Waals surface area contributed by atoms with E-state index in [0.29, 0.717) is 19.6 Å². The van der Waals surface area contributed by atoms with Gasteiger partial charge in [0.1, 0.15) is 0 Å². The Morgan fingerprint density at radius 2 is 1.57 bits per heavy atom. The van der Waals surface area contributed by atoms with Crippen LogP contribution < -0.4 is 10.4 Å². The van der Waals surface area contributed by atoms with Gasteiger partial charge in [-0.25, -0.2) is 0 Å². The van der Waals surface area contributed by atoms with Crippen molar-refractivity contribution in [3.8, 4) is 11.8 Å². The van der Waals surface area contributed by atoms with Crippen LogP contribution in [0.1, 0.15) is 46.5 Å². The van der Waals surface area contributed by atoms with Crippen molar-refractivity contribution in [3.05, 3.63) is 60.7 Å². The normalized spacial score (nSPS) is 17.2. The molecule has 0 saturated carbocycles. The first-order chi connectivity index (χ1) is 14.5. The first-order valence-electron chi connectivity index (χ1n) is 11.0. The van der Waals surface area contributed by atoms with E-state index in [0.717, 1.165) is 19.4 Å². The van der Waals surface area contributed by atoms with Gasteiger partial charge in [-0.3, -0.25) is 0 Å². The molecule has 1 atom stereocenters. The maximum absolute atomic E-state index is 6.76. The van der Waals surface area contributed by atoms with E-state index in [1.54, 1.807) is 0 Å². The fraction of sp³-hybridized carbons (Fsp3) is 0.462. The minimum absolute atomic E-state index is 0.0289. The van der Waals surface area contributed by atoms with E-state index in [-0.39, 0.29) is 11.3 Å². The smallest absolute Gasteiger partial charge is 0.262 e. The van der Waals surface area contributed by atoms with Crippen LogP contribution in [-0.2, 0) is 13.9 Å². The van der Waals surface area contributed by atoms with Crippen LogP contribution in [0.5, 0.6) is 0 Å². The topological polar surface area (TPSA) is 27.7 Å². The summed E-state index contributed by atoms with van der Waals surface area (Å²) in [6.45, 7) is 8.69. The maximum Gasteiger partial charge on any atom is 0.262 e. The lowest BCUT2D eigenvalue weighted by Gasteiger charge is -2.42. The van der Waals surface area contributed by atoms with Crippen LogP contribution in [-0.4, -0.2) is 34.4 Å². The summed E-state index contributed by atoms with van der Waals surface area (Å²) in [5.41, 5.74) is 0. The van der Waals surface area contributed by atoms with Crippen LogP contribution in [0.15, 0.2) is 60.7 Å². The van der Waals surface area contributed by atoms with Crippen LogP contribution in [0.25, 0.3) is 0 Å². The third kappa shape index (κ3) is 5.62. The zero-order valence-electron chi connectivity index (χ0n) is 18.5. The molecule has 1 unspecified atom stereocenters. The van der Waals surface area contributed by atoms with Crippen molar-refractivity contribution < 1.29 is 13.9 Å². The Bertz CT molecular complexity index is 773. The molecule has 4 heteroatoms. The van der Waals surface area contributed by atoms with Crippen molar-refractivity contribution in [2.75, 3.05) is 19.8 Å². The SMILES string of the molecule is CC(C)(C)[Si](OCC#CCCOC1CCCCO1)(c1ccccc1)c1ccccc1. The number of ether oxygens (including phenoxy) is 2. The zero-order chi connectivity index (χ0) is 21.3. The van der Waals surface area contributed by atoms with E-state index >= 15 is 0 Å². The monoisotopic (exact) mass is 422 g/mol.